The molecule has 2 aromatic carbocycles. The first-order chi connectivity index (χ1) is 8.63. The second-order valence-electron chi connectivity index (χ2n) is 3.91. The maximum atomic E-state index is 13.9. The molecule has 2 rings (SSSR count). The summed E-state index contributed by atoms with van der Waals surface area (Å²) in [5.41, 5.74) is 1.49. The monoisotopic (exact) mass is 375 g/mol. The van der Waals surface area contributed by atoms with Gasteiger partial charge < -0.3 is 5.32 Å². The van der Waals surface area contributed by atoms with Crippen molar-refractivity contribution in [2.75, 3.05) is 7.05 Å². The molecule has 18 heavy (non-hydrogen) atoms. The summed E-state index contributed by atoms with van der Waals surface area (Å²) < 4.78 is 15.1. The number of benzene rings is 2. The van der Waals surface area contributed by atoms with Crippen LogP contribution in [0.25, 0.3) is 0 Å². The molecule has 1 N–H and O–H groups in total. The summed E-state index contributed by atoms with van der Waals surface area (Å²) in [6, 6.07) is 12.4. The van der Waals surface area contributed by atoms with Crippen LogP contribution < -0.4 is 5.32 Å². The number of nitrogens with one attached hydrogen (secondary N) is 1. The van der Waals surface area contributed by atoms with Gasteiger partial charge in [-0.1, -0.05) is 29.8 Å². The topological polar surface area (TPSA) is 12.0 Å². The van der Waals surface area contributed by atoms with Gasteiger partial charge in [-0.3, -0.25) is 0 Å². The lowest BCUT2D eigenvalue weighted by atomic mass is 9.98. The van der Waals surface area contributed by atoms with Crippen molar-refractivity contribution >= 4 is 34.2 Å². The van der Waals surface area contributed by atoms with E-state index in [0.29, 0.717) is 10.6 Å². The van der Waals surface area contributed by atoms with E-state index in [-0.39, 0.29) is 11.9 Å². The highest BCUT2D eigenvalue weighted by molar-refractivity contribution is 14.1. The SMILES string of the molecule is CNC(c1cccc(I)c1)c1c(F)cccc1Cl. The average molecular weight is 376 g/mol. The minimum atomic E-state index is -0.291. The van der Waals surface area contributed by atoms with E-state index >= 15 is 0 Å². The van der Waals surface area contributed by atoms with Crippen LogP contribution in [-0.4, -0.2) is 7.05 Å². The van der Waals surface area contributed by atoms with Gasteiger partial charge >= 0.3 is 0 Å². The van der Waals surface area contributed by atoms with Crippen LogP contribution in [0.2, 0.25) is 5.02 Å². The third-order valence-corrected chi connectivity index (χ3v) is 3.76. The molecule has 0 bridgehead atoms. The van der Waals surface area contributed by atoms with Crippen LogP contribution in [0.5, 0.6) is 0 Å². The van der Waals surface area contributed by atoms with Crippen LogP contribution in [0.3, 0.4) is 0 Å². The highest BCUT2D eigenvalue weighted by Crippen LogP contribution is 2.30. The van der Waals surface area contributed by atoms with Crippen LogP contribution in [0.4, 0.5) is 4.39 Å². The summed E-state index contributed by atoms with van der Waals surface area (Å²) in [5.74, 6) is -0.291. The largest absolute Gasteiger partial charge is 0.309 e. The Hall–Kier alpha value is -0.650. The first-order valence-corrected chi connectivity index (χ1v) is 6.96. The molecule has 0 aliphatic rings. The smallest absolute Gasteiger partial charge is 0.129 e. The summed E-state index contributed by atoms with van der Waals surface area (Å²) in [6.07, 6.45) is 0. The zero-order chi connectivity index (χ0) is 13.1. The fourth-order valence-corrected chi connectivity index (χ4v) is 2.79. The summed E-state index contributed by atoms with van der Waals surface area (Å²) in [4.78, 5) is 0. The number of hydrogen-bond acceptors (Lipinski definition) is 1. The van der Waals surface area contributed by atoms with Crippen molar-refractivity contribution in [1.29, 1.82) is 0 Å². The van der Waals surface area contributed by atoms with Gasteiger partial charge in [0.1, 0.15) is 5.82 Å². The summed E-state index contributed by atoms with van der Waals surface area (Å²) in [6.45, 7) is 0. The Bertz CT molecular complexity index is 539. The average Bonchev–Trinajstić information content (AvgIpc) is 2.34. The quantitative estimate of drug-likeness (QED) is 0.785. The molecule has 1 nitrogen and oxygen atoms in total. The van der Waals surface area contributed by atoms with Crippen molar-refractivity contribution in [3.63, 3.8) is 0 Å². The molecule has 0 radical (unpaired) electrons. The highest BCUT2D eigenvalue weighted by atomic mass is 127. The molecule has 0 aliphatic carbocycles. The standard InChI is InChI=1S/C14H12ClFIN/c1-18-14(9-4-2-5-10(17)8-9)13-11(15)6-3-7-12(13)16/h2-8,14,18H,1H3. The Labute approximate surface area is 124 Å². The number of halogens is 3. The fraction of sp³-hybridized carbons (Fsp3) is 0.143. The molecular formula is C14H12ClFIN. The van der Waals surface area contributed by atoms with Gasteiger partial charge in [0, 0.05) is 14.2 Å². The van der Waals surface area contributed by atoms with E-state index in [9.17, 15) is 4.39 Å². The Kier molecular flexibility index (Phi) is 4.59. The van der Waals surface area contributed by atoms with Crippen LogP contribution in [0.1, 0.15) is 17.2 Å². The Balaban J connectivity index is 2.52. The van der Waals surface area contributed by atoms with E-state index in [1.54, 1.807) is 19.2 Å². The number of rotatable bonds is 3. The Morgan fingerprint density at radius 1 is 1.22 bits per heavy atom. The molecule has 0 heterocycles. The zero-order valence-corrected chi connectivity index (χ0v) is 12.7. The van der Waals surface area contributed by atoms with Crippen molar-refractivity contribution in [2.45, 2.75) is 6.04 Å². The van der Waals surface area contributed by atoms with E-state index in [1.165, 1.54) is 6.07 Å². The molecule has 0 aliphatic heterocycles. The maximum Gasteiger partial charge on any atom is 0.129 e. The first-order valence-electron chi connectivity index (χ1n) is 5.50. The van der Waals surface area contributed by atoms with Crippen LogP contribution >= 0.6 is 34.2 Å². The normalized spacial score (nSPS) is 12.4. The second kappa shape index (κ2) is 5.99. The van der Waals surface area contributed by atoms with Gasteiger partial charge in [0.15, 0.2) is 0 Å². The Morgan fingerprint density at radius 3 is 2.56 bits per heavy atom. The molecule has 0 amide bonds. The van der Waals surface area contributed by atoms with Gasteiger partial charge in [-0.25, -0.2) is 4.39 Å². The third kappa shape index (κ3) is 2.84. The second-order valence-corrected chi connectivity index (χ2v) is 5.56. The van der Waals surface area contributed by atoms with Crippen molar-refractivity contribution in [2.24, 2.45) is 0 Å². The van der Waals surface area contributed by atoms with Crippen molar-refractivity contribution < 1.29 is 4.39 Å². The minimum Gasteiger partial charge on any atom is -0.309 e. The lowest BCUT2D eigenvalue weighted by Gasteiger charge is -2.19. The van der Waals surface area contributed by atoms with Gasteiger partial charge in [-0.05, 0) is 59.5 Å². The zero-order valence-electron chi connectivity index (χ0n) is 9.75. The van der Waals surface area contributed by atoms with Gasteiger partial charge in [-0.2, -0.15) is 0 Å². The maximum absolute atomic E-state index is 13.9. The highest BCUT2D eigenvalue weighted by Gasteiger charge is 2.19. The lowest BCUT2D eigenvalue weighted by Crippen LogP contribution is -2.19. The fourth-order valence-electron chi connectivity index (χ4n) is 1.95. The number of hydrogen-bond donors (Lipinski definition) is 1. The molecule has 0 aromatic heterocycles. The summed E-state index contributed by atoms with van der Waals surface area (Å²) >= 11 is 8.35. The molecule has 0 saturated carbocycles. The van der Waals surface area contributed by atoms with Crippen molar-refractivity contribution in [3.8, 4) is 0 Å². The molecule has 94 valence electrons. The molecule has 2 aromatic rings. The summed E-state index contributed by atoms with van der Waals surface area (Å²) in [7, 11) is 1.80. The molecule has 0 fully saturated rings. The molecule has 1 unspecified atom stereocenters. The lowest BCUT2D eigenvalue weighted by molar-refractivity contribution is 0.576. The third-order valence-electron chi connectivity index (χ3n) is 2.76. The van der Waals surface area contributed by atoms with E-state index in [4.69, 9.17) is 11.6 Å². The van der Waals surface area contributed by atoms with Gasteiger partial charge in [-0.15, -0.1) is 0 Å². The van der Waals surface area contributed by atoms with Gasteiger partial charge in [0.25, 0.3) is 0 Å². The first kappa shape index (κ1) is 13.8. The predicted octanol–water partition coefficient (Wildman–Crippen LogP) is 4.39. The molecular weight excluding hydrogens is 364 g/mol. The molecule has 0 spiro atoms. The van der Waals surface area contributed by atoms with Gasteiger partial charge in [0.05, 0.1) is 6.04 Å². The van der Waals surface area contributed by atoms with Crippen LogP contribution in [0.15, 0.2) is 42.5 Å². The summed E-state index contributed by atoms with van der Waals surface area (Å²) in [5, 5.41) is 3.55. The Morgan fingerprint density at radius 2 is 1.94 bits per heavy atom. The van der Waals surface area contributed by atoms with Gasteiger partial charge in [0.2, 0.25) is 0 Å². The van der Waals surface area contributed by atoms with E-state index in [0.717, 1.165) is 9.13 Å². The van der Waals surface area contributed by atoms with Crippen molar-refractivity contribution in [1.82, 2.24) is 5.32 Å². The minimum absolute atomic E-state index is 0.242. The molecule has 0 saturated heterocycles. The van der Waals surface area contributed by atoms with E-state index in [1.807, 2.05) is 24.3 Å². The molecule has 4 heteroatoms. The molecule has 1 atom stereocenters. The van der Waals surface area contributed by atoms with Crippen LogP contribution in [-0.2, 0) is 0 Å². The van der Waals surface area contributed by atoms with Crippen molar-refractivity contribution in [3.05, 3.63) is 68.0 Å². The predicted molar refractivity (Wildman–Crippen MR) is 81.5 cm³/mol. The van der Waals surface area contributed by atoms with E-state index < -0.39 is 0 Å². The van der Waals surface area contributed by atoms with Crippen LogP contribution in [0, 0.1) is 9.39 Å². The van der Waals surface area contributed by atoms with E-state index in [2.05, 4.69) is 27.9 Å².